The van der Waals surface area contributed by atoms with Crippen molar-refractivity contribution in [1.82, 2.24) is 4.57 Å². The summed E-state index contributed by atoms with van der Waals surface area (Å²) in [6.07, 6.45) is 1.64. The van der Waals surface area contributed by atoms with Crippen LogP contribution in [0.5, 0.6) is 0 Å². The van der Waals surface area contributed by atoms with Gasteiger partial charge in [0.1, 0.15) is 12.3 Å². The van der Waals surface area contributed by atoms with Crippen LogP contribution in [0.3, 0.4) is 0 Å². The molecule has 0 fully saturated rings. The van der Waals surface area contributed by atoms with Gasteiger partial charge in [0.2, 0.25) is 0 Å². The van der Waals surface area contributed by atoms with Crippen LogP contribution in [-0.4, -0.2) is 16.6 Å². The Labute approximate surface area is 156 Å². The number of aldehydes is 1. The zero-order chi connectivity index (χ0) is 18.1. The summed E-state index contributed by atoms with van der Waals surface area (Å²) in [7, 11) is 0. The Balaban J connectivity index is 1.98. The largest absolute Gasteiger partial charge is 0.301 e. The highest BCUT2D eigenvalue weighted by Crippen LogP contribution is 2.38. The van der Waals surface area contributed by atoms with Crippen LogP contribution in [0.2, 0.25) is 0 Å². The van der Waals surface area contributed by atoms with E-state index in [0.29, 0.717) is 11.3 Å². The summed E-state index contributed by atoms with van der Waals surface area (Å²) in [5, 5.41) is 0.938. The molecular formula is C22H19NO2S. The molecule has 0 aliphatic carbocycles. The van der Waals surface area contributed by atoms with Crippen molar-refractivity contribution in [2.45, 2.75) is 24.4 Å². The topological polar surface area (TPSA) is 39.1 Å². The molecule has 130 valence electrons. The molecule has 2 heterocycles. The van der Waals surface area contributed by atoms with E-state index in [-0.39, 0.29) is 11.6 Å². The molecular weight excluding hydrogens is 342 g/mol. The number of carbonyl (C=O) groups excluding carboxylic acids is 1. The molecule has 1 aromatic heterocycles. The zero-order valence-electron chi connectivity index (χ0n) is 14.5. The van der Waals surface area contributed by atoms with E-state index in [4.69, 9.17) is 0 Å². The first kappa shape index (κ1) is 16.9. The third-order valence-electron chi connectivity index (χ3n) is 4.90. The minimum atomic E-state index is -0.389. The van der Waals surface area contributed by atoms with E-state index in [1.807, 2.05) is 55.5 Å². The lowest BCUT2D eigenvalue weighted by atomic mass is 9.95. The number of benzene rings is 2. The molecule has 3 aromatic rings. The summed E-state index contributed by atoms with van der Waals surface area (Å²) in [6, 6.07) is 19.6. The van der Waals surface area contributed by atoms with Gasteiger partial charge in [-0.2, -0.15) is 0 Å². The Hall–Kier alpha value is -2.59. The highest BCUT2D eigenvalue weighted by molar-refractivity contribution is 7.99. The van der Waals surface area contributed by atoms with E-state index in [1.54, 1.807) is 16.3 Å². The Morgan fingerprint density at radius 2 is 1.73 bits per heavy atom. The van der Waals surface area contributed by atoms with Crippen molar-refractivity contribution in [3.05, 3.63) is 87.7 Å². The molecule has 1 aliphatic heterocycles. The van der Waals surface area contributed by atoms with E-state index in [1.165, 1.54) is 5.56 Å². The summed E-state index contributed by atoms with van der Waals surface area (Å²) >= 11 is 1.61. The van der Waals surface area contributed by atoms with E-state index in [9.17, 15) is 9.59 Å². The fourth-order valence-electron chi connectivity index (χ4n) is 3.58. The average molecular weight is 361 g/mol. The lowest BCUT2D eigenvalue weighted by Crippen LogP contribution is -2.28. The van der Waals surface area contributed by atoms with Crippen molar-refractivity contribution in [3.8, 4) is 11.1 Å². The monoisotopic (exact) mass is 361 g/mol. The third kappa shape index (κ3) is 2.80. The van der Waals surface area contributed by atoms with Gasteiger partial charge in [-0.15, -0.1) is 11.8 Å². The predicted octanol–water partition coefficient (Wildman–Crippen LogP) is 4.26. The number of hydrogen-bond acceptors (Lipinski definition) is 3. The van der Waals surface area contributed by atoms with Gasteiger partial charge >= 0.3 is 0 Å². The van der Waals surface area contributed by atoms with Gasteiger partial charge < -0.3 is 4.79 Å². The highest BCUT2D eigenvalue weighted by Gasteiger charge is 2.30. The van der Waals surface area contributed by atoms with Gasteiger partial charge in [0.15, 0.2) is 0 Å². The van der Waals surface area contributed by atoms with Crippen molar-refractivity contribution in [2.75, 3.05) is 5.75 Å². The fraction of sp³-hybridized carbons (Fsp3) is 0.182. The smallest absolute Gasteiger partial charge is 0.260 e. The normalized spacial score (nSPS) is 15.7. The van der Waals surface area contributed by atoms with Crippen molar-refractivity contribution in [2.24, 2.45) is 0 Å². The minimum absolute atomic E-state index is 0.0670. The fourth-order valence-corrected chi connectivity index (χ4v) is 4.89. The molecule has 1 atom stereocenters. The number of thioether (sulfide) groups is 1. The van der Waals surface area contributed by atoms with Crippen molar-refractivity contribution < 1.29 is 4.79 Å². The first-order valence-electron chi connectivity index (χ1n) is 8.66. The van der Waals surface area contributed by atoms with Gasteiger partial charge in [-0.25, -0.2) is 0 Å². The number of rotatable bonds is 4. The van der Waals surface area contributed by atoms with Crippen LogP contribution in [0.4, 0.5) is 0 Å². The maximum Gasteiger partial charge on any atom is 0.260 e. The van der Waals surface area contributed by atoms with Gasteiger partial charge in [-0.05, 0) is 29.2 Å². The second-order valence-electron chi connectivity index (χ2n) is 6.50. The van der Waals surface area contributed by atoms with E-state index >= 15 is 0 Å². The lowest BCUT2D eigenvalue weighted by molar-refractivity contribution is -0.110. The molecule has 4 rings (SSSR count). The molecule has 2 aromatic carbocycles. The molecule has 0 radical (unpaired) electrons. The Morgan fingerprint density at radius 3 is 2.38 bits per heavy atom. The number of hydrogen-bond donors (Lipinski definition) is 0. The highest BCUT2D eigenvalue weighted by atomic mass is 32.2. The summed E-state index contributed by atoms with van der Waals surface area (Å²) in [6.45, 7) is 2.03. The van der Waals surface area contributed by atoms with Crippen LogP contribution >= 0.6 is 11.8 Å². The molecule has 1 aliphatic rings. The van der Waals surface area contributed by atoms with E-state index in [0.717, 1.165) is 34.4 Å². The summed E-state index contributed by atoms with van der Waals surface area (Å²) in [4.78, 5) is 24.8. The van der Waals surface area contributed by atoms with Gasteiger partial charge in [-0.3, -0.25) is 9.36 Å². The van der Waals surface area contributed by atoms with Gasteiger partial charge in [0.05, 0.1) is 10.6 Å². The molecule has 1 unspecified atom stereocenters. The molecule has 0 spiro atoms. The molecule has 0 amide bonds. The number of carbonyl (C=O) groups is 1. The van der Waals surface area contributed by atoms with Crippen molar-refractivity contribution in [3.63, 3.8) is 0 Å². The summed E-state index contributed by atoms with van der Waals surface area (Å²) in [5.74, 6) is 0.623. The molecule has 3 nitrogen and oxygen atoms in total. The lowest BCUT2D eigenvalue weighted by Gasteiger charge is -2.18. The molecule has 0 N–H and O–H groups in total. The number of nitrogens with zero attached hydrogens (tertiary/aromatic N) is 1. The molecule has 0 saturated heterocycles. The minimum Gasteiger partial charge on any atom is -0.301 e. The first-order valence-corrected chi connectivity index (χ1v) is 9.64. The standard InChI is InChI=1S/C22H19NO2S/c1-15-19(12-16-8-4-2-5-9-16)22-23(18(13-24)14-26-22)21(25)20(15)17-10-6-3-7-11-17/h2-11,13,18H,12,14H2,1H3. The average Bonchev–Trinajstić information content (AvgIpc) is 3.11. The zero-order valence-corrected chi connectivity index (χ0v) is 15.3. The first-order chi connectivity index (χ1) is 12.7. The van der Waals surface area contributed by atoms with Crippen LogP contribution in [0.25, 0.3) is 11.1 Å². The van der Waals surface area contributed by atoms with Gasteiger partial charge in [0, 0.05) is 12.2 Å². The second kappa shape index (κ2) is 6.96. The van der Waals surface area contributed by atoms with Crippen LogP contribution in [-0.2, 0) is 11.2 Å². The number of pyridine rings is 1. The third-order valence-corrected chi connectivity index (χ3v) is 6.13. The SMILES string of the molecule is Cc1c(Cc2ccccc2)c2n(c(=O)c1-c1ccccc1)C(C=O)CS2. The van der Waals surface area contributed by atoms with Crippen LogP contribution in [0, 0.1) is 6.92 Å². The molecule has 26 heavy (non-hydrogen) atoms. The molecule has 0 saturated carbocycles. The van der Waals surface area contributed by atoms with Crippen molar-refractivity contribution >= 4 is 18.0 Å². The second-order valence-corrected chi connectivity index (χ2v) is 7.51. The summed E-state index contributed by atoms with van der Waals surface area (Å²) in [5.41, 5.74) is 4.89. The van der Waals surface area contributed by atoms with E-state index < -0.39 is 0 Å². The Morgan fingerprint density at radius 1 is 1.08 bits per heavy atom. The Kier molecular flexibility index (Phi) is 4.51. The maximum absolute atomic E-state index is 13.2. The Bertz CT molecular complexity index is 1010. The van der Waals surface area contributed by atoms with E-state index in [2.05, 4.69) is 12.1 Å². The quantitative estimate of drug-likeness (QED) is 0.652. The summed E-state index contributed by atoms with van der Waals surface area (Å²) < 4.78 is 1.70. The molecule has 4 heteroatoms. The molecule has 0 bridgehead atoms. The van der Waals surface area contributed by atoms with Gasteiger partial charge in [0.25, 0.3) is 5.56 Å². The van der Waals surface area contributed by atoms with Crippen LogP contribution < -0.4 is 5.56 Å². The van der Waals surface area contributed by atoms with Crippen LogP contribution in [0.1, 0.15) is 22.7 Å². The van der Waals surface area contributed by atoms with Crippen molar-refractivity contribution in [1.29, 1.82) is 0 Å². The number of fused-ring (bicyclic) bond motifs is 1. The van der Waals surface area contributed by atoms with Gasteiger partial charge in [-0.1, -0.05) is 60.7 Å². The van der Waals surface area contributed by atoms with Crippen LogP contribution in [0.15, 0.2) is 70.5 Å². The predicted molar refractivity (Wildman–Crippen MR) is 106 cm³/mol. The maximum atomic E-state index is 13.2. The number of aromatic nitrogens is 1.